The van der Waals surface area contributed by atoms with Crippen molar-refractivity contribution in [3.05, 3.63) is 68.5 Å². The number of hydrogen-bond donors (Lipinski definition) is 1. The van der Waals surface area contributed by atoms with E-state index in [2.05, 4.69) is 10.3 Å². The molecule has 1 aliphatic heterocycles. The summed E-state index contributed by atoms with van der Waals surface area (Å²) in [6.45, 7) is 0.873. The lowest BCUT2D eigenvalue weighted by Gasteiger charge is -2.19. The maximum Gasteiger partial charge on any atom is 0.332 e. The molecule has 1 aliphatic rings. The Balaban J connectivity index is 1.54. The summed E-state index contributed by atoms with van der Waals surface area (Å²) in [5, 5.41) is 3.02. The van der Waals surface area contributed by atoms with Crippen LogP contribution < -0.4 is 21.5 Å². The predicted molar refractivity (Wildman–Crippen MR) is 107 cm³/mol. The van der Waals surface area contributed by atoms with Crippen LogP contribution in [0.2, 0.25) is 0 Å². The van der Waals surface area contributed by atoms with Crippen molar-refractivity contribution in [3.63, 3.8) is 0 Å². The Hall–Kier alpha value is -3.56. The third-order valence-electron chi connectivity index (χ3n) is 5.33. The maximum atomic E-state index is 14.0. The van der Waals surface area contributed by atoms with Crippen LogP contribution in [0.25, 0.3) is 11.0 Å². The van der Waals surface area contributed by atoms with Gasteiger partial charge in [-0.05, 0) is 24.6 Å². The normalized spacial score (nSPS) is 16.3. The van der Waals surface area contributed by atoms with Gasteiger partial charge in [-0.25, -0.2) is 18.6 Å². The first kappa shape index (κ1) is 19.7. The molecule has 0 spiro atoms. The van der Waals surface area contributed by atoms with E-state index in [1.54, 1.807) is 4.90 Å². The largest absolute Gasteiger partial charge is 0.367 e. The van der Waals surface area contributed by atoms with Crippen molar-refractivity contribution in [1.82, 2.24) is 19.4 Å². The topological polar surface area (TPSA) is 89.2 Å². The summed E-state index contributed by atoms with van der Waals surface area (Å²) in [6, 6.07) is 4.56. The van der Waals surface area contributed by atoms with Gasteiger partial charge in [-0.15, -0.1) is 0 Å². The molecule has 1 N–H and O–H groups in total. The molecule has 1 aromatic carbocycles. The molecule has 156 valence electrons. The molecule has 0 radical (unpaired) electrons. The van der Waals surface area contributed by atoms with E-state index in [4.69, 9.17) is 0 Å². The number of pyridine rings is 1. The summed E-state index contributed by atoms with van der Waals surface area (Å²) in [5.74, 6) is -1.72. The van der Waals surface area contributed by atoms with Crippen LogP contribution in [0.1, 0.15) is 16.8 Å². The molecule has 1 amide bonds. The number of aryl methyl sites for hydroxylation is 1. The molecule has 30 heavy (non-hydrogen) atoms. The first-order valence-electron chi connectivity index (χ1n) is 9.33. The van der Waals surface area contributed by atoms with Gasteiger partial charge >= 0.3 is 5.69 Å². The van der Waals surface area contributed by atoms with E-state index in [1.165, 1.54) is 43.1 Å². The van der Waals surface area contributed by atoms with Crippen molar-refractivity contribution in [2.45, 2.75) is 12.5 Å². The van der Waals surface area contributed by atoms with E-state index in [0.717, 1.165) is 10.6 Å². The molecular weight excluding hydrogens is 396 g/mol. The van der Waals surface area contributed by atoms with Crippen LogP contribution in [0.15, 0.2) is 40.1 Å². The SMILES string of the molecule is Cn1c(=O)c2cc(C(=O)NC3CCN(c4ccc(F)cc4F)C3)cnc2n(C)c1=O. The Labute approximate surface area is 169 Å². The average molecular weight is 415 g/mol. The van der Waals surface area contributed by atoms with E-state index in [-0.39, 0.29) is 28.3 Å². The number of carbonyl (C=O) groups is 1. The Bertz CT molecular complexity index is 1280. The van der Waals surface area contributed by atoms with Crippen LogP contribution in [-0.4, -0.2) is 39.2 Å². The van der Waals surface area contributed by atoms with Crippen molar-refractivity contribution in [1.29, 1.82) is 0 Å². The van der Waals surface area contributed by atoms with Gasteiger partial charge in [-0.1, -0.05) is 0 Å². The second-order valence-corrected chi connectivity index (χ2v) is 7.30. The zero-order chi connectivity index (χ0) is 21.6. The lowest BCUT2D eigenvalue weighted by molar-refractivity contribution is 0.0940. The van der Waals surface area contributed by atoms with Crippen LogP contribution in [0.3, 0.4) is 0 Å². The third-order valence-corrected chi connectivity index (χ3v) is 5.33. The monoisotopic (exact) mass is 415 g/mol. The molecule has 4 rings (SSSR count). The van der Waals surface area contributed by atoms with Gasteiger partial charge in [-0.3, -0.25) is 18.7 Å². The summed E-state index contributed by atoms with van der Waals surface area (Å²) < 4.78 is 29.3. The van der Waals surface area contributed by atoms with Crippen molar-refractivity contribution in [2.24, 2.45) is 14.1 Å². The van der Waals surface area contributed by atoms with Gasteiger partial charge < -0.3 is 10.2 Å². The molecule has 3 heterocycles. The molecule has 2 aromatic heterocycles. The number of carbonyl (C=O) groups excluding carboxylic acids is 1. The van der Waals surface area contributed by atoms with E-state index < -0.39 is 28.8 Å². The number of fused-ring (bicyclic) bond motifs is 1. The molecule has 0 saturated carbocycles. The zero-order valence-electron chi connectivity index (χ0n) is 16.4. The fourth-order valence-electron chi connectivity index (χ4n) is 3.69. The second-order valence-electron chi connectivity index (χ2n) is 7.30. The van der Waals surface area contributed by atoms with Gasteiger partial charge in [0, 0.05) is 45.5 Å². The Morgan fingerprint density at radius 2 is 1.93 bits per heavy atom. The number of anilines is 1. The molecule has 0 aliphatic carbocycles. The van der Waals surface area contributed by atoms with Crippen molar-refractivity contribution < 1.29 is 13.6 Å². The first-order valence-corrected chi connectivity index (χ1v) is 9.33. The zero-order valence-corrected chi connectivity index (χ0v) is 16.4. The molecule has 3 aromatic rings. The highest BCUT2D eigenvalue weighted by Crippen LogP contribution is 2.24. The van der Waals surface area contributed by atoms with E-state index in [9.17, 15) is 23.2 Å². The predicted octanol–water partition coefficient (Wildman–Crippen LogP) is 0.919. The van der Waals surface area contributed by atoms with E-state index in [1.807, 2.05) is 0 Å². The number of nitrogens with zero attached hydrogens (tertiary/aromatic N) is 4. The highest BCUT2D eigenvalue weighted by molar-refractivity contribution is 5.97. The molecule has 1 atom stereocenters. The lowest BCUT2D eigenvalue weighted by atomic mass is 10.2. The van der Waals surface area contributed by atoms with Crippen molar-refractivity contribution >= 4 is 22.6 Å². The number of halogens is 2. The van der Waals surface area contributed by atoms with Gasteiger partial charge in [0.2, 0.25) is 0 Å². The molecule has 10 heteroatoms. The quantitative estimate of drug-likeness (QED) is 0.687. The minimum Gasteiger partial charge on any atom is -0.367 e. The Morgan fingerprint density at radius 3 is 2.67 bits per heavy atom. The second kappa shape index (κ2) is 7.36. The van der Waals surface area contributed by atoms with E-state index >= 15 is 0 Å². The maximum absolute atomic E-state index is 14.0. The highest BCUT2D eigenvalue weighted by Gasteiger charge is 2.26. The summed E-state index contributed by atoms with van der Waals surface area (Å²) in [4.78, 5) is 42.9. The van der Waals surface area contributed by atoms with Crippen LogP contribution in [0, 0.1) is 11.6 Å². The van der Waals surface area contributed by atoms with Gasteiger partial charge in [0.1, 0.15) is 17.3 Å². The molecule has 1 fully saturated rings. The Morgan fingerprint density at radius 1 is 1.17 bits per heavy atom. The van der Waals surface area contributed by atoms with Crippen LogP contribution in [0.5, 0.6) is 0 Å². The number of hydrogen-bond acceptors (Lipinski definition) is 5. The van der Waals surface area contributed by atoms with Gasteiger partial charge in [0.05, 0.1) is 16.6 Å². The lowest BCUT2D eigenvalue weighted by Crippen LogP contribution is -2.38. The molecule has 1 saturated heterocycles. The molecule has 0 bridgehead atoms. The van der Waals surface area contributed by atoms with Crippen LogP contribution in [-0.2, 0) is 14.1 Å². The summed E-state index contributed by atoms with van der Waals surface area (Å²) in [6.07, 6.45) is 1.89. The number of benzene rings is 1. The number of nitrogens with one attached hydrogen (secondary N) is 1. The van der Waals surface area contributed by atoms with Crippen molar-refractivity contribution in [3.8, 4) is 0 Å². The van der Waals surface area contributed by atoms with Crippen molar-refractivity contribution in [2.75, 3.05) is 18.0 Å². The average Bonchev–Trinajstić information content (AvgIpc) is 3.18. The fraction of sp³-hybridized carbons (Fsp3) is 0.300. The number of rotatable bonds is 3. The molecule has 8 nitrogen and oxygen atoms in total. The van der Waals surface area contributed by atoms with Gasteiger partial charge in [-0.2, -0.15) is 0 Å². The fourth-order valence-corrected chi connectivity index (χ4v) is 3.69. The van der Waals surface area contributed by atoms with Gasteiger partial charge in [0.15, 0.2) is 0 Å². The summed E-state index contributed by atoms with van der Waals surface area (Å²) >= 11 is 0. The molecule has 1 unspecified atom stereocenters. The first-order chi connectivity index (χ1) is 14.3. The van der Waals surface area contributed by atoms with Crippen LogP contribution in [0.4, 0.5) is 14.5 Å². The number of amides is 1. The summed E-state index contributed by atoms with van der Waals surface area (Å²) in [5.41, 5.74) is -0.376. The smallest absolute Gasteiger partial charge is 0.332 e. The number of aromatic nitrogens is 3. The third kappa shape index (κ3) is 3.34. The standard InChI is InChI=1S/C20H19F2N5O3/c1-25-17-14(19(29)26(2)20(25)30)7-11(9-23-17)18(28)24-13-5-6-27(10-13)16-4-3-12(21)8-15(16)22/h3-4,7-9,13H,5-6,10H2,1-2H3,(H,24,28). The minimum atomic E-state index is -0.651. The Kier molecular flexibility index (Phi) is 4.84. The van der Waals surface area contributed by atoms with E-state index in [0.29, 0.717) is 19.5 Å². The van der Waals surface area contributed by atoms with Gasteiger partial charge in [0.25, 0.3) is 11.5 Å². The molecular formula is C20H19F2N5O3. The summed E-state index contributed by atoms with van der Waals surface area (Å²) in [7, 11) is 2.86. The minimum absolute atomic E-state index is 0.161. The van der Waals surface area contributed by atoms with Crippen LogP contribution >= 0.6 is 0 Å². The highest BCUT2D eigenvalue weighted by atomic mass is 19.1.